The summed E-state index contributed by atoms with van der Waals surface area (Å²) < 4.78 is 2.14. The number of benzene rings is 3. The quantitative estimate of drug-likeness (QED) is 0.456. The first-order chi connectivity index (χ1) is 13.5. The molecule has 5 nitrogen and oxygen atoms in total. The van der Waals surface area contributed by atoms with Crippen LogP contribution in [0.1, 0.15) is 30.6 Å². The van der Waals surface area contributed by atoms with Crippen molar-refractivity contribution in [3.63, 3.8) is 0 Å². The molecule has 0 aliphatic carbocycles. The van der Waals surface area contributed by atoms with Crippen LogP contribution >= 0.6 is 0 Å². The predicted octanol–water partition coefficient (Wildman–Crippen LogP) is 5.68. The number of nitrogens with one attached hydrogen (secondary N) is 1. The zero-order valence-corrected chi connectivity index (χ0v) is 16.0. The topological polar surface area (TPSA) is 67.2 Å². The normalized spacial score (nSPS) is 11.4. The molecule has 0 amide bonds. The molecule has 4 aromatic rings. The number of carboxylic acid groups (broad SMARTS) is 1. The van der Waals surface area contributed by atoms with Crippen LogP contribution in [0.4, 0.5) is 11.6 Å². The van der Waals surface area contributed by atoms with Gasteiger partial charge in [-0.25, -0.2) is 9.78 Å². The van der Waals surface area contributed by atoms with Gasteiger partial charge in [0, 0.05) is 17.6 Å². The third kappa shape index (κ3) is 3.43. The third-order valence-electron chi connectivity index (χ3n) is 4.96. The Kier molecular flexibility index (Phi) is 4.74. The molecule has 4 rings (SSSR count). The molecule has 0 fully saturated rings. The maximum atomic E-state index is 11.3. The number of anilines is 2. The molecule has 1 heterocycles. The second kappa shape index (κ2) is 7.35. The van der Waals surface area contributed by atoms with Crippen molar-refractivity contribution < 1.29 is 9.90 Å². The summed E-state index contributed by atoms with van der Waals surface area (Å²) in [7, 11) is 0. The smallest absolute Gasteiger partial charge is 0.335 e. The predicted molar refractivity (Wildman–Crippen MR) is 113 cm³/mol. The van der Waals surface area contributed by atoms with Crippen LogP contribution in [0.5, 0.6) is 0 Å². The van der Waals surface area contributed by atoms with E-state index in [0.29, 0.717) is 11.4 Å². The van der Waals surface area contributed by atoms with Gasteiger partial charge in [0.2, 0.25) is 5.95 Å². The second-order valence-electron chi connectivity index (χ2n) is 7.43. The number of hydrogen-bond donors (Lipinski definition) is 2. The van der Waals surface area contributed by atoms with Gasteiger partial charge in [0.1, 0.15) is 0 Å². The van der Waals surface area contributed by atoms with Gasteiger partial charge in [-0.3, -0.25) is 0 Å². The number of fused-ring (bicyclic) bond motifs is 2. The fourth-order valence-corrected chi connectivity index (χ4v) is 3.43. The van der Waals surface area contributed by atoms with Crippen LogP contribution in [0.2, 0.25) is 0 Å². The molecule has 28 heavy (non-hydrogen) atoms. The summed E-state index contributed by atoms with van der Waals surface area (Å²) in [5, 5.41) is 15.1. The van der Waals surface area contributed by atoms with E-state index in [0.717, 1.165) is 40.9 Å². The minimum Gasteiger partial charge on any atom is -0.478 e. The minimum absolute atomic E-state index is 0.248. The maximum Gasteiger partial charge on any atom is 0.335 e. The molecular weight excluding hydrogens is 350 g/mol. The lowest BCUT2D eigenvalue weighted by atomic mass is 10.1. The van der Waals surface area contributed by atoms with Crippen molar-refractivity contribution in [2.75, 3.05) is 5.32 Å². The van der Waals surface area contributed by atoms with Crippen LogP contribution in [0.3, 0.4) is 0 Å². The van der Waals surface area contributed by atoms with Gasteiger partial charge in [0.15, 0.2) is 0 Å². The van der Waals surface area contributed by atoms with E-state index >= 15 is 0 Å². The molecule has 2 N–H and O–H groups in total. The molecule has 0 aliphatic rings. The summed E-state index contributed by atoms with van der Waals surface area (Å²) in [4.78, 5) is 16.1. The Hall–Kier alpha value is -3.34. The average molecular weight is 373 g/mol. The SMILES string of the molecule is CC(C)CCn1c(Nc2cccc3ccccc23)nc2cc(C(=O)O)ccc21. The van der Waals surface area contributed by atoms with Crippen LogP contribution in [-0.2, 0) is 6.54 Å². The van der Waals surface area contributed by atoms with Crippen LogP contribution in [0.25, 0.3) is 21.8 Å². The van der Waals surface area contributed by atoms with Crippen molar-refractivity contribution in [2.45, 2.75) is 26.8 Å². The number of rotatable bonds is 6. The fraction of sp³-hybridized carbons (Fsp3) is 0.217. The number of carbonyl (C=O) groups is 1. The molecule has 142 valence electrons. The van der Waals surface area contributed by atoms with Gasteiger partial charge >= 0.3 is 5.97 Å². The lowest BCUT2D eigenvalue weighted by molar-refractivity contribution is 0.0697. The highest BCUT2D eigenvalue weighted by molar-refractivity contribution is 5.96. The van der Waals surface area contributed by atoms with E-state index in [-0.39, 0.29) is 5.56 Å². The van der Waals surface area contributed by atoms with Crippen molar-refractivity contribution >= 4 is 39.4 Å². The fourth-order valence-electron chi connectivity index (χ4n) is 3.43. The van der Waals surface area contributed by atoms with Crippen molar-refractivity contribution in [1.29, 1.82) is 0 Å². The van der Waals surface area contributed by atoms with Gasteiger partial charge in [0.25, 0.3) is 0 Å². The summed E-state index contributed by atoms with van der Waals surface area (Å²) in [6.45, 7) is 5.20. The molecule has 3 aromatic carbocycles. The Balaban J connectivity index is 1.81. The third-order valence-corrected chi connectivity index (χ3v) is 4.96. The van der Waals surface area contributed by atoms with E-state index in [9.17, 15) is 9.90 Å². The standard InChI is InChI=1S/C23H23N3O2/c1-15(2)12-13-26-21-11-10-17(22(27)28)14-20(21)25-23(26)24-19-9-5-7-16-6-3-4-8-18(16)19/h3-11,14-15H,12-13H2,1-2H3,(H,24,25)(H,27,28). The second-order valence-corrected chi connectivity index (χ2v) is 7.43. The molecule has 0 aliphatic heterocycles. The van der Waals surface area contributed by atoms with Crippen LogP contribution in [-0.4, -0.2) is 20.6 Å². The maximum absolute atomic E-state index is 11.3. The zero-order chi connectivity index (χ0) is 19.7. The number of nitrogens with zero attached hydrogens (tertiary/aromatic N) is 2. The van der Waals surface area contributed by atoms with Gasteiger partial charge < -0.3 is 15.0 Å². The van der Waals surface area contributed by atoms with Gasteiger partial charge in [-0.15, -0.1) is 0 Å². The summed E-state index contributed by atoms with van der Waals surface area (Å²) in [6, 6.07) is 19.5. The first kappa shape index (κ1) is 18.0. The first-order valence-corrected chi connectivity index (χ1v) is 9.51. The number of aromatic nitrogens is 2. The van der Waals surface area contributed by atoms with E-state index in [1.807, 2.05) is 30.3 Å². The summed E-state index contributed by atoms with van der Waals surface area (Å²) in [5.41, 5.74) is 2.86. The van der Waals surface area contributed by atoms with E-state index in [4.69, 9.17) is 4.98 Å². The van der Waals surface area contributed by atoms with Crippen molar-refractivity contribution in [3.05, 3.63) is 66.2 Å². The lowest BCUT2D eigenvalue weighted by Gasteiger charge is -2.13. The number of hydrogen-bond acceptors (Lipinski definition) is 3. The number of aromatic carboxylic acids is 1. The van der Waals surface area contributed by atoms with Gasteiger partial charge in [-0.2, -0.15) is 0 Å². The van der Waals surface area contributed by atoms with Crippen LogP contribution in [0.15, 0.2) is 60.7 Å². The monoisotopic (exact) mass is 373 g/mol. The van der Waals surface area contributed by atoms with Gasteiger partial charge in [0.05, 0.1) is 16.6 Å². The number of aryl methyl sites for hydroxylation is 1. The molecule has 1 aromatic heterocycles. The van der Waals surface area contributed by atoms with Crippen molar-refractivity contribution in [1.82, 2.24) is 9.55 Å². The van der Waals surface area contributed by atoms with Crippen LogP contribution in [0, 0.1) is 5.92 Å². The zero-order valence-electron chi connectivity index (χ0n) is 16.0. The van der Waals surface area contributed by atoms with Crippen molar-refractivity contribution in [2.24, 2.45) is 5.92 Å². The molecular formula is C23H23N3O2. The molecule has 0 saturated heterocycles. The molecule has 0 unspecified atom stereocenters. The Morgan fingerprint density at radius 1 is 1.11 bits per heavy atom. The van der Waals surface area contributed by atoms with Crippen LogP contribution < -0.4 is 5.32 Å². The molecule has 0 bridgehead atoms. The highest BCUT2D eigenvalue weighted by Crippen LogP contribution is 2.29. The lowest BCUT2D eigenvalue weighted by Crippen LogP contribution is -2.06. The number of imidazole rings is 1. The summed E-state index contributed by atoms with van der Waals surface area (Å²) in [5.74, 6) is 0.345. The van der Waals surface area contributed by atoms with Gasteiger partial charge in [-0.1, -0.05) is 50.2 Å². The van der Waals surface area contributed by atoms with Gasteiger partial charge in [-0.05, 0) is 42.0 Å². The number of carboxylic acids is 1. The molecule has 0 spiro atoms. The Morgan fingerprint density at radius 3 is 2.68 bits per heavy atom. The summed E-state index contributed by atoms with van der Waals surface area (Å²) >= 11 is 0. The highest BCUT2D eigenvalue weighted by atomic mass is 16.4. The largest absolute Gasteiger partial charge is 0.478 e. The molecule has 0 radical (unpaired) electrons. The van der Waals surface area contributed by atoms with E-state index in [1.54, 1.807) is 12.1 Å². The molecule has 0 atom stereocenters. The molecule has 0 saturated carbocycles. The van der Waals surface area contributed by atoms with E-state index in [2.05, 4.69) is 41.9 Å². The average Bonchev–Trinajstić information content (AvgIpc) is 3.02. The Labute approximate surface area is 163 Å². The first-order valence-electron chi connectivity index (χ1n) is 9.51. The highest BCUT2D eigenvalue weighted by Gasteiger charge is 2.14. The Bertz CT molecular complexity index is 1160. The van der Waals surface area contributed by atoms with E-state index < -0.39 is 5.97 Å². The summed E-state index contributed by atoms with van der Waals surface area (Å²) in [6.07, 6.45) is 1.01. The Morgan fingerprint density at radius 2 is 1.89 bits per heavy atom. The van der Waals surface area contributed by atoms with Crippen molar-refractivity contribution in [3.8, 4) is 0 Å². The minimum atomic E-state index is -0.942. The van der Waals surface area contributed by atoms with E-state index in [1.165, 1.54) is 0 Å². The molecule has 5 heteroatoms.